The van der Waals surface area contributed by atoms with Crippen LogP contribution in [0.15, 0.2) is 24.5 Å². The van der Waals surface area contributed by atoms with E-state index in [0.717, 1.165) is 6.07 Å². The first-order valence-corrected chi connectivity index (χ1v) is 5.06. The molecule has 0 aliphatic rings. The second-order valence-electron chi connectivity index (χ2n) is 3.25. The van der Waals surface area contributed by atoms with Gasteiger partial charge in [0, 0.05) is 5.56 Å². The minimum atomic E-state index is -1.07. The lowest BCUT2D eigenvalue weighted by molar-refractivity contribution is 0.402. The fourth-order valence-electron chi connectivity index (χ4n) is 1.18. The number of ether oxygens (including phenoxy) is 1. The van der Waals surface area contributed by atoms with E-state index in [2.05, 4.69) is 9.97 Å². The van der Waals surface area contributed by atoms with Crippen molar-refractivity contribution >= 4 is 11.6 Å². The number of benzene rings is 1. The summed E-state index contributed by atoms with van der Waals surface area (Å²) in [4.78, 5) is 7.53. The van der Waals surface area contributed by atoms with E-state index in [1.165, 1.54) is 18.5 Å². The second kappa shape index (κ2) is 4.63. The van der Waals surface area contributed by atoms with E-state index in [4.69, 9.17) is 16.3 Å². The van der Waals surface area contributed by atoms with Crippen LogP contribution in [0, 0.1) is 18.6 Å². The quantitative estimate of drug-likeness (QED) is 0.771. The number of nitrogens with zero attached hydrogens (tertiary/aromatic N) is 2. The molecule has 2 aromatic rings. The van der Waals surface area contributed by atoms with Gasteiger partial charge in [0.25, 0.3) is 0 Å². The van der Waals surface area contributed by atoms with Crippen molar-refractivity contribution in [1.82, 2.24) is 9.97 Å². The molecule has 0 saturated carbocycles. The number of aromatic nitrogens is 2. The molecule has 0 aliphatic carbocycles. The molecule has 17 heavy (non-hydrogen) atoms. The standard InChI is InChI=1S/C11H7ClF2N2O/c1-6-10(12)15-5-16-11(6)17-8-4-2-3-7(13)9(8)14/h2-5H,1H3. The Morgan fingerprint density at radius 1 is 1.24 bits per heavy atom. The summed E-state index contributed by atoms with van der Waals surface area (Å²) < 4.78 is 31.4. The third-order valence-corrected chi connectivity index (χ3v) is 2.48. The molecule has 6 heteroatoms. The van der Waals surface area contributed by atoms with Crippen LogP contribution < -0.4 is 4.74 Å². The van der Waals surface area contributed by atoms with Crippen molar-refractivity contribution in [1.29, 1.82) is 0 Å². The monoisotopic (exact) mass is 256 g/mol. The molecule has 1 heterocycles. The van der Waals surface area contributed by atoms with Crippen LogP contribution in [-0.2, 0) is 0 Å². The van der Waals surface area contributed by atoms with Crippen LogP contribution >= 0.6 is 11.6 Å². The molecule has 88 valence electrons. The summed E-state index contributed by atoms with van der Waals surface area (Å²) in [5, 5.41) is 0.201. The second-order valence-corrected chi connectivity index (χ2v) is 3.61. The molecule has 0 aliphatic heterocycles. The van der Waals surface area contributed by atoms with Crippen LogP contribution in [0.25, 0.3) is 0 Å². The minimum Gasteiger partial charge on any atom is -0.435 e. The van der Waals surface area contributed by atoms with Crippen LogP contribution in [0.1, 0.15) is 5.56 Å². The Morgan fingerprint density at radius 2 is 2.00 bits per heavy atom. The van der Waals surface area contributed by atoms with Crippen molar-refractivity contribution in [2.75, 3.05) is 0 Å². The highest BCUT2D eigenvalue weighted by molar-refractivity contribution is 6.30. The Morgan fingerprint density at radius 3 is 2.76 bits per heavy atom. The van der Waals surface area contributed by atoms with E-state index in [1.807, 2.05) is 0 Å². The smallest absolute Gasteiger partial charge is 0.226 e. The van der Waals surface area contributed by atoms with Gasteiger partial charge >= 0.3 is 0 Å². The van der Waals surface area contributed by atoms with Gasteiger partial charge in [0.2, 0.25) is 11.7 Å². The van der Waals surface area contributed by atoms with Crippen molar-refractivity contribution in [3.63, 3.8) is 0 Å². The van der Waals surface area contributed by atoms with Gasteiger partial charge in [-0.25, -0.2) is 14.4 Å². The van der Waals surface area contributed by atoms with Crippen molar-refractivity contribution in [3.05, 3.63) is 46.9 Å². The maximum absolute atomic E-state index is 13.3. The lowest BCUT2D eigenvalue weighted by Crippen LogP contribution is -1.96. The molecule has 0 fully saturated rings. The summed E-state index contributed by atoms with van der Waals surface area (Å²) in [5.74, 6) is -2.21. The fraction of sp³-hybridized carbons (Fsp3) is 0.0909. The molecule has 0 unspecified atom stereocenters. The maximum Gasteiger partial charge on any atom is 0.226 e. The van der Waals surface area contributed by atoms with E-state index in [9.17, 15) is 8.78 Å². The van der Waals surface area contributed by atoms with E-state index >= 15 is 0 Å². The van der Waals surface area contributed by atoms with Gasteiger partial charge in [0.05, 0.1) is 0 Å². The van der Waals surface area contributed by atoms with Crippen LogP contribution in [0.3, 0.4) is 0 Å². The highest BCUT2D eigenvalue weighted by Crippen LogP contribution is 2.28. The molecule has 0 bridgehead atoms. The molecule has 1 aromatic heterocycles. The summed E-state index contributed by atoms with van der Waals surface area (Å²) in [7, 11) is 0. The molecule has 3 nitrogen and oxygen atoms in total. The number of halogens is 3. The fourth-order valence-corrected chi connectivity index (χ4v) is 1.31. The SMILES string of the molecule is Cc1c(Cl)ncnc1Oc1cccc(F)c1F. The normalized spacial score (nSPS) is 10.4. The summed E-state index contributed by atoms with van der Waals surface area (Å²) in [5.41, 5.74) is 0.456. The Bertz CT molecular complexity index is 514. The molecule has 0 N–H and O–H groups in total. The molecule has 0 saturated heterocycles. The van der Waals surface area contributed by atoms with Crippen LogP contribution in [-0.4, -0.2) is 9.97 Å². The Hall–Kier alpha value is -1.75. The largest absolute Gasteiger partial charge is 0.435 e. The average Bonchev–Trinajstić information content (AvgIpc) is 2.31. The zero-order chi connectivity index (χ0) is 12.4. The topological polar surface area (TPSA) is 35.0 Å². The lowest BCUT2D eigenvalue weighted by atomic mass is 10.3. The predicted molar refractivity (Wildman–Crippen MR) is 58.2 cm³/mol. The number of rotatable bonds is 2. The molecule has 0 amide bonds. The molecule has 2 rings (SSSR count). The first-order chi connectivity index (χ1) is 8.09. The predicted octanol–water partition coefficient (Wildman–Crippen LogP) is 3.51. The Balaban J connectivity index is 2.38. The van der Waals surface area contributed by atoms with Gasteiger partial charge in [-0.3, -0.25) is 0 Å². The zero-order valence-corrected chi connectivity index (χ0v) is 9.50. The highest BCUT2D eigenvalue weighted by Gasteiger charge is 2.13. The molecular weight excluding hydrogens is 250 g/mol. The van der Waals surface area contributed by atoms with E-state index in [1.54, 1.807) is 6.92 Å². The molecule has 0 spiro atoms. The van der Waals surface area contributed by atoms with Crippen molar-refractivity contribution in [2.45, 2.75) is 6.92 Å². The first kappa shape index (κ1) is 11.7. The third kappa shape index (κ3) is 2.34. The van der Waals surface area contributed by atoms with E-state index in [0.29, 0.717) is 5.56 Å². The number of hydrogen-bond donors (Lipinski definition) is 0. The summed E-state index contributed by atoms with van der Waals surface area (Å²) in [6.45, 7) is 1.62. The van der Waals surface area contributed by atoms with Gasteiger partial charge in [-0.05, 0) is 19.1 Å². The van der Waals surface area contributed by atoms with Crippen LogP contribution in [0.4, 0.5) is 8.78 Å². The van der Waals surface area contributed by atoms with Crippen LogP contribution in [0.2, 0.25) is 5.15 Å². The van der Waals surface area contributed by atoms with E-state index in [-0.39, 0.29) is 16.8 Å². The highest BCUT2D eigenvalue weighted by atomic mass is 35.5. The van der Waals surface area contributed by atoms with Gasteiger partial charge < -0.3 is 4.74 Å². The number of hydrogen-bond acceptors (Lipinski definition) is 3. The average molecular weight is 257 g/mol. The lowest BCUT2D eigenvalue weighted by Gasteiger charge is -2.08. The Labute approximate surface area is 101 Å². The molecule has 0 radical (unpaired) electrons. The van der Waals surface area contributed by atoms with E-state index < -0.39 is 11.6 Å². The molecule has 0 atom stereocenters. The minimum absolute atomic E-state index is 0.0921. The first-order valence-electron chi connectivity index (χ1n) is 4.68. The maximum atomic E-state index is 13.3. The van der Waals surface area contributed by atoms with Crippen molar-refractivity contribution in [2.24, 2.45) is 0 Å². The van der Waals surface area contributed by atoms with Gasteiger partial charge in [-0.15, -0.1) is 0 Å². The Kier molecular flexibility index (Phi) is 3.19. The van der Waals surface area contributed by atoms with Crippen LogP contribution in [0.5, 0.6) is 11.6 Å². The zero-order valence-electron chi connectivity index (χ0n) is 8.75. The molecule has 1 aromatic carbocycles. The van der Waals surface area contributed by atoms with Crippen molar-refractivity contribution < 1.29 is 13.5 Å². The van der Waals surface area contributed by atoms with Gasteiger partial charge in [-0.1, -0.05) is 17.7 Å². The summed E-state index contributed by atoms with van der Waals surface area (Å²) in [6.07, 6.45) is 1.18. The molecular formula is C11H7ClF2N2O. The van der Waals surface area contributed by atoms with Crippen molar-refractivity contribution in [3.8, 4) is 11.6 Å². The van der Waals surface area contributed by atoms with Gasteiger partial charge in [-0.2, -0.15) is 4.39 Å². The van der Waals surface area contributed by atoms with Gasteiger partial charge in [0.15, 0.2) is 11.6 Å². The third-order valence-electron chi connectivity index (χ3n) is 2.10. The summed E-state index contributed by atoms with van der Waals surface area (Å²) >= 11 is 5.75. The van der Waals surface area contributed by atoms with Gasteiger partial charge in [0.1, 0.15) is 11.5 Å². The summed E-state index contributed by atoms with van der Waals surface area (Å²) in [6, 6.07) is 3.64.